The summed E-state index contributed by atoms with van der Waals surface area (Å²) in [5.74, 6) is 0.260. The molecule has 110 valence electrons. The van der Waals surface area contributed by atoms with E-state index in [0.29, 0.717) is 10.9 Å². The predicted octanol–water partition coefficient (Wildman–Crippen LogP) is 3.76. The van der Waals surface area contributed by atoms with Crippen LogP contribution in [0.4, 0.5) is 5.13 Å². The normalized spacial score (nSPS) is 11.4. The number of rotatable bonds is 2. The van der Waals surface area contributed by atoms with Crippen LogP contribution >= 0.6 is 22.7 Å². The van der Waals surface area contributed by atoms with Gasteiger partial charge in [0.05, 0.1) is 19.9 Å². The summed E-state index contributed by atoms with van der Waals surface area (Å²) in [4.78, 5) is 21.1. The smallest absolute Gasteiger partial charge is 0.279 e. The van der Waals surface area contributed by atoms with Crippen LogP contribution in [0.2, 0.25) is 0 Å². The van der Waals surface area contributed by atoms with E-state index in [1.54, 1.807) is 24.3 Å². The number of aromatic nitrogens is 3. The van der Waals surface area contributed by atoms with Crippen LogP contribution in [0.1, 0.15) is 21.3 Å². The van der Waals surface area contributed by atoms with Crippen molar-refractivity contribution in [2.75, 3.05) is 5.32 Å². The van der Waals surface area contributed by atoms with E-state index >= 15 is 0 Å². The first-order valence-corrected chi connectivity index (χ1v) is 8.15. The van der Waals surface area contributed by atoms with Crippen LogP contribution < -0.4 is 5.32 Å². The maximum absolute atomic E-state index is 12.1. The van der Waals surface area contributed by atoms with E-state index < -0.39 is 0 Å². The van der Waals surface area contributed by atoms with Crippen molar-refractivity contribution in [3.63, 3.8) is 0 Å². The molecule has 8 heteroatoms. The summed E-state index contributed by atoms with van der Waals surface area (Å²) in [6.45, 7) is 3.72. The number of benzene rings is 1. The molecule has 0 fully saturated rings. The van der Waals surface area contributed by atoms with Crippen molar-refractivity contribution in [3.8, 4) is 0 Å². The van der Waals surface area contributed by atoms with Gasteiger partial charge in [0.1, 0.15) is 11.3 Å². The molecule has 3 heterocycles. The van der Waals surface area contributed by atoms with Crippen LogP contribution in [-0.2, 0) is 0 Å². The molecule has 0 aliphatic heterocycles. The lowest BCUT2D eigenvalue weighted by molar-refractivity contribution is 0.101. The maximum atomic E-state index is 12.1. The molecular weight excluding hydrogens is 320 g/mol. The Morgan fingerprint density at radius 1 is 1.23 bits per heavy atom. The van der Waals surface area contributed by atoms with Crippen molar-refractivity contribution in [1.29, 1.82) is 0 Å². The van der Waals surface area contributed by atoms with Gasteiger partial charge in [-0.05, 0) is 26.0 Å². The number of carbonyl (C=O) groups is 1. The van der Waals surface area contributed by atoms with E-state index in [0.717, 1.165) is 25.4 Å². The average Bonchev–Trinajstić information content (AvgIpc) is 3.15. The zero-order chi connectivity index (χ0) is 15.3. The summed E-state index contributed by atoms with van der Waals surface area (Å²) in [5, 5.41) is 7.99. The second kappa shape index (κ2) is 4.85. The van der Waals surface area contributed by atoms with Crippen LogP contribution in [0.15, 0.2) is 22.7 Å². The summed E-state index contributed by atoms with van der Waals surface area (Å²) >= 11 is 3.06. The molecule has 0 aliphatic rings. The molecule has 0 radical (unpaired) electrons. The number of amides is 1. The van der Waals surface area contributed by atoms with E-state index in [1.165, 1.54) is 11.3 Å². The maximum Gasteiger partial charge on any atom is 0.279 e. The minimum absolute atomic E-state index is 0.242. The number of carbonyl (C=O) groups excluding carboxylic acids is 1. The average molecular weight is 330 g/mol. The van der Waals surface area contributed by atoms with Crippen LogP contribution in [0.5, 0.6) is 0 Å². The monoisotopic (exact) mass is 330 g/mol. The molecule has 3 aromatic heterocycles. The number of nitrogens with one attached hydrogen (secondary N) is 1. The molecule has 4 aromatic rings. The molecule has 1 aromatic carbocycles. The van der Waals surface area contributed by atoms with Gasteiger partial charge < -0.3 is 4.52 Å². The predicted molar refractivity (Wildman–Crippen MR) is 86.7 cm³/mol. The van der Waals surface area contributed by atoms with Gasteiger partial charge in [-0.1, -0.05) is 16.5 Å². The highest BCUT2D eigenvalue weighted by Gasteiger charge is 2.15. The van der Waals surface area contributed by atoms with Crippen LogP contribution in [0, 0.1) is 13.8 Å². The Bertz CT molecular complexity index is 1010. The van der Waals surface area contributed by atoms with Gasteiger partial charge in [0.2, 0.25) is 0 Å². The highest BCUT2D eigenvalue weighted by Crippen LogP contribution is 2.34. The third-order valence-electron chi connectivity index (χ3n) is 3.10. The Labute approximate surface area is 132 Å². The number of thiazole rings is 2. The molecule has 0 bridgehead atoms. The highest BCUT2D eigenvalue weighted by atomic mass is 32.1. The quantitative estimate of drug-likeness (QED) is 0.605. The van der Waals surface area contributed by atoms with Gasteiger partial charge in [0.25, 0.3) is 5.91 Å². The third kappa shape index (κ3) is 2.16. The number of anilines is 1. The fraction of sp³-hybridized carbons (Fsp3) is 0.143. The molecule has 0 aliphatic carbocycles. The molecule has 0 saturated carbocycles. The summed E-state index contributed by atoms with van der Waals surface area (Å²) in [7, 11) is 0. The zero-order valence-electron chi connectivity index (χ0n) is 11.7. The summed E-state index contributed by atoms with van der Waals surface area (Å²) in [6.07, 6.45) is 0. The van der Waals surface area contributed by atoms with Gasteiger partial charge in [-0.3, -0.25) is 10.1 Å². The van der Waals surface area contributed by atoms with E-state index in [2.05, 4.69) is 20.4 Å². The lowest BCUT2D eigenvalue weighted by Crippen LogP contribution is -2.11. The SMILES string of the molecule is Cc1cc(C(=O)Nc2nc3ccc4sc(C)nc4c3s2)no1. The van der Waals surface area contributed by atoms with Crippen molar-refractivity contribution in [2.45, 2.75) is 13.8 Å². The van der Waals surface area contributed by atoms with Crippen LogP contribution in [0.3, 0.4) is 0 Å². The molecule has 0 unspecified atom stereocenters. The third-order valence-corrected chi connectivity index (χ3v) is 5.03. The first-order valence-electron chi connectivity index (χ1n) is 6.51. The molecule has 6 nitrogen and oxygen atoms in total. The molecule has 4 rings (SSSR count). The minimum atomic E-state index is -0.332. The number of hydrogen-bond donors (Lipinski definition) is 1. The van der Waals surface area contributed by atoms with Crippen molar-refractivity contribution >= 4 is 54.1 Å². The fourth-order valence-electron chi connectivity index (χ4n) is 2.18. The Balaban J connectivity index is 1.73. The van der Waals surface area contributed by atoms with Gasteiger partial charge in [0, 0.05) is 6.07 Å². The van der Waals surface area contributed by atoms with Crippen molar-refractivity contribution < 1.29 is 9.32 Å². The Kier molecular flexibility index (Phi) is 2.95. The van der Waals surface area contributed by atoms with Crippen molar-refractivity contribution in [1.82, 2.24) is 15.1 Å². The highest BCUT2D eigenvalue weighted by molar-refractivity contribution is 7.24. The second-order valence-electron chi connectivity index (χ2n) is 4.79. The molecule has 0 saturated heterocycles. The largest absolute Gasteiger partial charge is 0.361 e. The summed E-state index contributed by atoms with van der Waals surface area (Å²) in [6, 6.07) is 5.54. The van der Waals surface area contributed by atoms with E-state index in [-0.39, 0.29) is 11.6 Å². The summed E-state index contributed by atoms with van der Waals surface area (Å²) < 4.78 is 7.01. The first kappa shape index (κ1) is 13.4. The van der Waals surface area contributed by atoms with Gasteiger partial charge in [-0.2, -0.15) is 0 Å². The lowest BCUT2D eigenvalue weighted by atomic mass is 10.3. The number of aryl methyl sites for hydroxylation is 2. The Morgan fingerprint density at radius 2 is 2.09 bits per heavy atom. The second-order valence-corrected chi connectivity index (χ2v) is 7.02. The Morgan fingerprint density at radius 3 is 2.86 bits per heavy atom. The minimum Gasteiger partial charge on any atom is -0.361 e. The number of hydrogen-bond acceptors (Lipinski definition) is 7. The topological polar surface area (TPSA) is 80.9 Å². The molecule has 1 N–H and O–H groups in total. The number of fused-ring (bicyclic) bond motifs is 3. The van der Waals surface area contributed by atoms with Gasteiger partial charge in [-0.15, -0.1) is 11.3 Å². The van der Waals surface area contributed by atoms with Crippen molar-refractivity contribution in [2.24, 2.45) is 0 Å². The Hall–Kier alpha value is -2.32. The number of nitrogens with zero attached hydrogens (tertiary/aromatic N) is 3. The molecule has 22 heavy (non-hydrogen) atoms. The lowest BCUT2D eigenvalue weighted by Gasteiger charge is -1.95. The molecular formula is C14H10N4O2S2. The summed E-state index contributed by atoms with van der Waals surface area (Å²) in [5.41, 5.74) is 2.01. The molecule has 1 amide bonds. The first-order chi connectivity index (χ1) is 10.6. The van der Waals surface area contributed by atoms with E-state index in [1.807, 2.05) is 19.1 Å². The van der Waals surface area contributed by atoms with Gasteiger partial charge in [-0.25, -0.2) is 9.97 Å². The molecule has 0 atom stereocenters. The van der Waals surface area contributed by atoms with Crippen molar-refractivity contribution in [3.05, 3.63) is 34.7 Å². The van der Waals surface area contributed by atoms with Crippen LogP contribution in [-0.4, -0.2) is 21.0 Å². The van der Waals surface area contributed by atoms with Crippen LogP contribution in [0.25, 0.3) is 20.4 Å². The zero-order valence-corrected chi connectivity index (χ0v) is 13.3. The molecule has 0 spiro atoms. The standard InChI is InChI=1S/C14H10N4O2S2/c1-6-5-9(18-20-6)13(19)17-14-16-8-3-4-10-11(12(8)22-14)15-7(2)21-10/h3-5H,1-2H3,(H,16,17,19). The van der Waals surface area contributed by atoms with Gasteiger partial charge >= 0.3 is 0 Å². The van der Waals surface area contributed by atoms with E-state index in [4.69, 9.17) is 4.52 Å². The fourth-order valence-corrected chi connectivity index (χ4v) is 4.03. The van der Waals surface area contributed by atoms with Gasteiger partial charge in [0.15, 0.2) is 10.8 Å². The van der Waals surface area contributed by atoms with E-state index in [9.17, 15) is 4.79 Å².